The first-order chi connectivity index (χ1) is 5.94. The van der Waals surface area contributed by atoms with E-state index in [2.05, 4.69) is 5.48 Å². The number of hydrogen-bond donors (Lipinski definition) is 3. The molecule has 1 fully saturated rings. The second-order valence-electron chi connectivity index (χ2n) is 4.00. The maximum atomic E-state index is 10.3. The highest BCUT2D eigenvalue weighted by atomic mass is 16.6. The molecule has 0 aromatic heterocycles. The van der Waals surface area contributed by atoms with E-state index in [1.54, 1.807) is 0 Å². The Bertz CT molecular complexity index is 206. The lowest BCUT2D eigenvalue weighted by atomic mass is 9.65. The van der Waals surface area contributed by atoms with Gasteiger partial charge in [0.15, 0.2) is 0 Å². The Labute approximate surface area is 77.2 Å². The molecule has 13 heavy (non-hydrogen) atoms. The number of rotatable bonds is 4. The van der Waals surface area contributed by atoms with Crippen molar-refractivity contribution < 1.29 is 14.7 Å². The lowest BCUT2D eigenvalue weighted by Gasteiger charge is -2.48. The normalized spacial score (nSPS) is 31.0. The molecule has 0 radical (unpaired) electrons. The molecular weight excluding hydrogens is 172 g/mol. The number of aliphatic hydroxyl groups excluding tert-OH is 1. The van der Waals surface area contributed by atoms with Crippen LogP contribution in [0.3, 0.4) is 0 Å². The molecule has 2 atom stereocenters. The number of nitrogens with two attached hydrogens (primary N) is 1. The maximum Gasteiger partial charge on any atom is 0.245 e. The van der Waals surface area contributed by atoms with Gasteiger partial charge in [0.1, 0.15) is 6.61 Å². The number of carbonyl (C=O) groups is 1. The summed E-state index contributed by atoms with van der Waals surface area (Å²) < 4.78 is 0. The van der Waals surface area contributed by atoms with Gasteiger partial charge < -0.3 is 10.8 Å². The molecule has 0 heterocycles. The molecule has 0 bridgehead atoms. The molecule has 1 saturated carbocycles. The van der Waals surface area contributed by atoms with E-state index in [4.69, 9.17) is 10.6 Å². The summed E-state index contributed by atoms with van der Waals surface area (Å²) in [6, 6.07) is 0.0850. The van der Waals surface area contributed by atoms with Crippen LogP contribution in [0.1, 0.15) is 20.3 Å². The molecule has 0 saturated heterocycles. The minimum Gasteiger partial charge on any atom is -0.392 e. The average molecular weight is 188 g/mol. The Balaban J connectivity index is 2.21. The van der Waals surface area contributed by atoms with Crippen LogP contribution in [0.4, 0.5) is 0 Å². The molecule has 0 aromatic rings. The van der Waals surface area contributed by atoms with Crippen molar-refractivity contribution in [2.24, 2.45) is 11.1 Å². The highest BCUT2D eigenvalue weighted by Gasteiger charge is 2.47. The van der Waals surface area contributed by atoms with Crippen LogP contribution < -0.4 is 11.2 Å². The second kappa shape index (κ2) is 3.61. The molecule has 1 aliphatic carbocycles. The fraction of sp³-hybridized carbons (Fsp3) is 0.875. The molecule has 76 valence electrons. The molecule has 0 spiro atoms. The predicted octanol–water partition coefficient (Wildman–Crippen LogP) is -0.848. The van der Waals surface area contributed by atoms with Crippen LogP contribution in [0.25, 0.3) is 0 Å². The average Bonchev–Trinajstić information content (AvgIpc) is 2.02. The summed E-state index contributed by atoms with van der Waals surface area (Å²) in [7, 11) is 0. The Morgan fingerprint density at radius 2 is 2.38 bits per heavy atom. The smallest absolute Gasteiger partial charge is 0.245 e. The number of hydroxylamine groups is 1. The van der Waals surface area contributed by atoms with Gasteiger partial charge in [-0.15, -0.1) is 0 Å². The number of primary amides is 1. The Morgan fingerprint density at radius 3 is 2.77 bits per heavy atom. The quantitative estimate of drug-likeness (QED) is 0.502. The van der Waals surface area contributed by atoms with Crippen LogP contribution in [0.2, 0.25) is 0 Å². The van der Waals surface area contributed by atoms with Crippen molar-refractivity contribution in [1.29, 1.82) is 0 Å². The van der Waals surface area contributed by atoms with Crippen molar-refractivity contribution in [3.8, 4) is 0 Å². The molecule has 2 unspecified atom stereocenters. The van der Waals surface area contributed by atoms with E-state index in [-0.39, 0.29) is 24.2 Å². The summed E-state index contributed by atoms with van der Waals surface area (Å²) in [6.07, 6.45) is 0.341. The van der Waals surface area contributed by atoms with Crippen molar-refractivity contribution in [2.45, 2.75) is 32.4 Å². The minimum absolute atomic E-state index is 0.0850. The summed E-state index contributed by atoms with van der Waals surface area (Å²) >= 11 is 0. The lowest BCUT2D eigenvalue weighted by Crippen LogP contribution is -2.60. The molecule has 4 N–H and O–H groups in total. The monoisotopic (exact) mass is 188 g/mol. The van der Waals surface area contributed by atoms with Gasteiger partial charge in [0.25, 0.3) is 0 Å². The minimum atomic E-state index is -0.509. The molecule has 1 amide bonds. The summed E-state index contributed by atoms with van der Waals surface area (Å²) in [5.74, 6) is -0.509. The van der Waals surface area contributed by atoms with E-state index in [9.17, 15) is 9.90 Å². The molecule has 5 heteroatoms. The topological polar surface area (TPSA) is 84.6 Å². The first kappa shape index (κ1) is 10.4. The van der Waals surface area contributed by atoms with E-state index in [0.29, 0.717) is 6.42 Å². The van der Waals surface area contributed by atoms with Gasteiger partial charge >= 0.3 is 0 Å². The summed E-state index contributed by atoms with van der Waals surface area (Å²) in [4.78, 5) is 15.2. The van der Waals surface area contributed by atoms with E-state index in [0.717, 1.165) is 0 Å². The highest BCUT2D eigenvalue weighted by Crippen LogP contribution is 2.40. The van der Waals surface area contributed by atoms with Gasteiger partial charge in [0.2, 0.25) is 5.91 Å². The standard InChI is InChI=1S/C8H16N2O3/c1-8(2)5(3-6(8)11)10-13-4-7(9)12/h5-6,10-11H,3-4H2,1-2H3,(H2,9,12). The number of amides is 1. The van der Waals surface area contributed by atoms with Crippen molar-refractivity contribution in [1.82, 2.24) is 5.48 Å². The van der Waals surface area contributed by atoms with Gasteiger partial charge in [-0.05, 0) is 6.42 Å². The third-order valence-electron chi connectivity index (χ3n) is 2.66. The fourth-order valence-electron chi connectivity index (χ4n) is 1.32. The molecule has 0 aliphatic heterocycles. The fourth-order valence-corrected chi connectivity index (χ4v) is 1.32. The zero-order chi connectivity index (χ0) is 10.1. The Kier molecular flexibility index (Phi) is 2.90. The second-order valence-corrected chi connectivity index (χ2v) is 4.00. The van der Waals surface area contributed by atoms with Gasteiger partial charge in [-0.1, -0.05) is 13.8 Å². The van der Waals surface area contributed by atoms with E-state index < -0.39 is 5.91 Å². The first-order valence-corrected chi connectivity index (χ1v) is 4.28. The van der Waals surface area contributed by atoms with Crippen LogP contribution in [0.15, 0.2) is 0 Å². The number of nitrogens with one attached hydrogen (secondary N) is 1. The Morgan fingerprint density at radius 1 is 1.77 bits per heavy atom. The van der Waals surface area contributed by atoms with Crippen LogP contribution >= 0.6 is 0 Å². The van der Waals surface area contributed by atoms with Gasteiger partial charge in [0.05, 0.1) is 6.10 Å². The van der Waals surface area contributed by atoms with E-state index >= 15 is 0 Å². The van der Waals surface area contributed by atoms with Crippen molar-refractivity contribution >= 4 is 5.91 Å². The third-order valence-corrected chi connectivity index (χ3v) is 2.66. The summed E-state index contributed by atoms with van der Waals surface area (Å²) in [5.41, 5.74) is 7.39. The summed E-state index contributed by atoms with van der Waals surface area (Å²) in [5, 5.41) is 9.37. The van der Waals surface area contributed by atoms with Gasteiger partial charge in [0, 0.05) is 11.5 Å². The third kappa shape index (κ3) is 2.18. The van der Waals surface area contributed by atoms with Crippen LogP contribution in [-0.2, 0) is 9.63 Å². The molecule has 1 aliphatic rings. The Hall–Kier alpha value is -0.650. The molecule has 0 aromatic carbocycles. The zero-order valence-electron chi connectivity index (χ0n) is 7.91. The van der Waals surface area contributed by atoms with Gasteiger partial charge in [-0.2, -0.15) is 5.48 Å². The SMILES string of the molecule is CC1(C)C(O)CC1NOCC(N)=O. The highest BCUT2D eigenvalue weighted by molar-refractivity contribution is 5.74. The van der Waals surface area contributed by atoms with Crippen LogP contribution in [-0.4, -0.2) is 29.8 Å². The lowest BCUT2D eigenvalue weighted by molar-refractivity contribution is -0.143. The maximum absolute atomic E-state index is 10.3. The first-order valence-electron chi connectivity index (χ1n) is 4.28. The van der Waals surface area contributed by atoms with Crippen molar-refractivity contribution in [3.63, 3.8) is 0 Å². The van der Waals surface area contributed by atoms with Gasteiger partial charge in [-0.25, -0.2) is 0 Å². The largest absolute Gasteiger partial charge is 0.392 e. The number of hydrogen-bond acceptors (Lipinski definition) is 4. The zero-order valence-corrected chi connectivity index (χ0v) is 7.91. The van der Waals surface area contributed by atoms with Crippen LogP contribution in [0, 0.1) is 5.41 Å². The predicted molar refractivity (Wildman–Crippen MR) is 46.5 cm³/mol. The van der Waals surface area contributed by atoms with E-state index in [1.807, 2.05) is 13.8 Å². The van der Waals surface area contributed by atoms with Crippen molar-refractivity contribution in [2.75, 3.05) is 6.61 Å². The molecule has 1 rings (SSSR count). The van der Waals surface area contributed by atoms with Crippen LogP contribution in [0.5, 0.6) is 0 Å². The van der Waals surface area contributed by atoms with E-state index in [1.165, 1.54) is 0 Å². The number of aliphatic hydroxyl groups is 1. The van der Waals surface area contributed by atoms with Crippen molar-refractivity contribution in [3.05, 3.63) is 0 Å². The molecule has 5 nitrogen and oxygen atoms in total. The number of carbonyl (C=O) groups excluding carboxylic acids is 1. The molecular formula is C8H16N2O3. The van der Waals surface area contributed by atoms with Gasteiger partial charge in [-0.3, -0.25) is 9.63 Å². The summed E-state index contributed by atoms with van der Waals surface area (Å²) in [6.45, 7) is 3.74.